The number of aryl methyl sites for hydroxylation is 2. The Balaban J connectivity index is 1.77. The minimum absolute atomic E-state index is 0.212. The molecule has 4 rings (SSSR count). The highest BCUT2D eigenvalue weighted by Crippen LogP contribution is 2.29. The van der Waals surface area contributed by atoms with Crippen LogP contribution < -0.4 is 9.54 Å². The Bertz CT molecular complexity index is 1210. The number of benzene rings is 2. The van der Waals surface area contributed by atoms with E-state index in [1.54, 1.807) is 6.07 Å². The van der Waals surface area contributed by atoms with Gasteiger partial charge < -0.3 is 13.7 Å². The topological polar surface area (TPSA) is 56.7 Å². The number of rotatable bonds is 4. The fourth-order valence-electron chi connectivity index (χ4n) is 3.06. The highest BCUT2D eigenvalue weighted by atomic mass is 32.1. The Morgan fingerprint density at radius 2 is 2.07 bits per heavy atom. The van der Waals surface area contributed by atoms with Crippen molar-refractivity contribution in [2.75, 3.05) is 6.61 Å². The molecule has 0 spiro atoms. The molecule has 0 N–H and O–H groups in total. The second-order valence-corrected chi connectivity index (χ2v) is 7.24. The summed E-state index contributed by atoms with van der Waals surface area (Å²) in [5.41, 5.74) is 2.90. The number of furan rings is 1. The van der Waals surface area contributed by atoms with Gasteiger partial charge >= 0.3 is 5.91 Å². The minimum atomic E-state index is -0.397. The molecule has 2 aromatic carbocycles. The van der Waals surface area contributed by atoms with Gasteiger partial charge in [0.25, 0.3) is 0 Å². The maximum absolute atomic E-state index is 12.7. The molecule has 27 heavy (non-hydrogen) atoms. The zero-order valence-electron chi connectivity index (χ0n) is 15.5. The number of nitrogens with zero attached hydrogens (tertiary/aromatic N) is 2. The van der Waals surface area contributed by atoms with E-state index in [-0.39, 0.29) is 5.76 Å². The Kier molecular flexibility index (Phi) is 4.58. The standard InChI is InChI=1S/C21H20N2O3S/c1-4-13-9-10-15-18(11-13)27-21(23(15)3)22-20(24)17-12-14-7-6-8-16(25-5-2)19(14)26-17/h6-12H,4-5H2,1-3H3. The molecule has 1 amide bonds. The summed E-state index contributed by atoms with van der Waals surface area (Å²) in [4.78, 5) is 17.6. The summed E-state index contributed by atoms with van der Waals surface area (Å²) in [6.07, 6.45) is 0.976. The van der Waals surface area contributed by atoms with Gasteiger partial charge in [-0.3, -0.25) is 4.79 Å². The second kappa shape index (κ2) is 7.04. The first kappa shape index (κ1) is 17.5. The monoisotopic (exact) mass is 380 g/mol. The van der Waals surface area contributed by atoms with Crippen LogP contribution in [0.15, 0.2) is 51.9 Å². The van der Waals surface area contributed by atoms with Gasteiger partial charge in [-0.2, -0.15) is 4.99 Å². The van der Waals surface area contributed by atoms with Gasteiger partial charge in [-0.15, -0.1) is 0 Å². The molecule has 0 bridgehead atoms. The molecule has 2 heterocycles. The summed E-state index contributed by atoms with van der Waals surface area (Å²) in [7, 11) is 1.92. The van der Waals surface area contributed by atoms with Gasteiger partial charge in [-0.25, -0.2) is 0 Å². The molecule has 0 radical (unpaired) electrons. The van der Waals surface area contributed by atoms with E-state index in [9.17, 15) is 4.79 Å². The number of para-hydroxylation sites is 1. The summed E-state index contributed by atoms with van der Waals surface area (Å²) in [6, 6.07) is 13.7. The third-order valence-corrected chi connectivity index (χ3v) is 5.59. The Hall–Kier alpha value is -2.86. The van der Waals surface area contributed by atoms with Crippen LogP contribution in [0, 0.1) is 0 Å². The molecule has 5 nitrogen and oxygen atoms in total. The second-order valence-electron chi connectivity index (χ2n) is 6.23. The number of thiazole rings is 1. The zero-order valence-corrected chi connectivity index (χ0v) is 16.3. The summed E-state index contributed by atoms with van der Waals surface area (Å²) in [5, 5.41) is 0.827. The number of carbonyl (C=O) groups is 1. The van der Waals surface area contributed by atoms with Crippen LogP contribution in [0.5, 0.6) is 5.75 Å². The maximum Gasteiger partial charge on any atom is 0.315 e. The van der Waals surface area contributed by atoms with Gasteiger partial charge in [0.1, 0.15) is 0 Å². The summed E-state index contributed by atoms with van der Waals surface area (Å²) in [6.45, 7) is 4.57. The van der Waals surface area contributed by atoms with E-state index >= 15 is 0 Å². The van der Waals surface area contributed by atoms with Crippen LogP contribution in [-0.2, 0) is 13.5 Å². The molecule has 138 valence electrons. The third-order valence-electron chi connectivity index (χ3n) is 4.50. The molecule has 0 saturated carbocycles. The van der Waals surface area contributed by atoms with Gasteiger partial charge in [0, 0.05) is 12.4 Å². The van der Waals surface area contributed by atoms with Crippen molar-refractivity contribution in [1.29, 1.82) is 0 Å². The predicted molar refractivity (Wildman–Crippen MR) is 107 cm³/mol. The van der Waals surface area contributed by atoms with E-state index in [0.717, 1.165) is 22.0 Å². The number of carbonyl (C=O) groups excluding carboxylic acids is 1. The molecular weight excluding hydrogens is 360 g/mol. The van der Waals surface area contributed by atoms with Crippen molar-refractivity contribution in [1.82, 2.24) is 4.57 Å². The van der Waals surface area contributed by atoms with E-state index in [4.69, 9.17) is 9.15 Å². The van der Waals surface area contributed by atoms with Crippen LogP contribution in [0.1, 0.15) is 30.0 Å². The molecule has 4 aromatic rings. The summed E-state index contributed by atoms with van der Waals surface area (Å²) < 4.78 is 14.4. The van der Waals surface area contributed by atoms with Crippen LogP contribution >= 0.6 is 11.3 Å². The quantitative estimate of drug-likeness (QED) is 0.516. The van der Waals surface area contributed by atoms with Crippen molar-refractivity contribution in [3.63, 3.8) is 0 Å². The smallest absolute Gasteiger partial charge is 0.315 e. The van der Waals surface area contributed by atoms with Gasteiger partial charge in [-0.1, -0.05) is 36.5 Å². The number of aromatic nitrogens is 1. The molecule has 0 atom stereocenters. The zero-order chi connectivity index (χ0) is 19.0. The highest BCUT2D eigenvalue weighted by Gasteiger charge is 2.15. The molecule has 0 aliphatic carbocycles. The summed E-state index contributed by atoms with van der Waals surface area (Å²) in [5.74, 6) is 0.448. The third kappa shape index (κ3) is 3.17. The van der Waals surface area contributed by atoms with E-state index in [2.05, 4.69) is 30.1 Å². The van der Waals surface area contributed by atoms with Gasteiger partial charge in [0.15, 0.2) is 21.9 Å². The molecule has 0 unspecified atom stereocenters. The Morgan fingerprint density at radius 1 is 1.22 bits per heavy atom. The molecule has 6 heteroatoms. The van der Waals surface area contributed by atoms with Crippen LogP contribution in [-0.4, -0.2) is 17.1 Å². The van der Waals surface area contributed by atoms with Crippen molar-refractivity contribution in [3.05, 3.63) is 58.6 Å². The van der Waals surface area contributed by atoms with Gasteiger partial charge in [-0.05, 0) is 43.2 Å². The SMILES string of the molecule is CCOc1cccc2cc(C(=O)N=c3sc4cc(CC)ccc4n3C)oc12. The average Bonchev–Trinajstić information content (AvgIpc) is 3.24. The number of hydrogen-bond donors (Lipinski definition) is 0. The largest absolute Gasteiger partial charge is 0.490 e. The Labute approximate surface area is 160 Å². The van der Waals surface area contributed by atoms with Crippen LogP contribution in [0.2, 0.25) is 0 Å². The number of amides is 1. The van der Waals surface area contributed by atoms with Crippen molar-refractivity contribution in [2.45, 2.75) is 20.3 Å². The fourth-order valence-corrected chi connectivity index (χ4v) is 4.14. The van der Waals surface area contributed by atoms with Crippen molar-refractivity contribution in [3.8, 4) is 5.75 Å². The first-order valence-electron chi connectivity index (χ1n) is 8.93. The first-order valence-corrected chi connectivity index (χ1v) is 9.75. The molecule has 0 saturated heterocycles. The lowest BCUT2D eigenvalue weighted by Gasteiger charge is -2.01. The molecule has 2 aromatic heterocycles. The molecule has 0 aliphatic heterocycles. The fraction of sp³-hybridized carbons (Fsp3) is 0.238. The Morgan fingerprint density at radius 3 is 2.85 bits per heavy atom. The molecule has 0 aliphatic rings. The summed E-state index contributed by atoms with van der Waals surface area (Å²) >= 11 is 1.50. The van der Waals surface area contributed by atoms with E-state index < -0.39 is 5.91 Å². The average molecular weight is 380 g/mol. The lowest BCUT2D eigenvalue weighted by Crippen LogP contribution is -2.12. The van der Waals surface area contributed by atoms with E-state index in [1.807, 2.05) is 36.7 Å². The van der Waals surface area contributed by atoms with Gasteiger partial charge in [0.05, 0.1) is 16.8 Å². The lowest BCUT2D eigenvalue weighted by molar-refractivity contribution is 0.0973. The van der Waals surface area contributed by atoms with Crippen LogP contribution in [0.4, 0.5) is 0 Å². The minimum Gasteiger partial charge on any atom is -0.490 e. The van der Waals surface area contributed by atoms with Crippen LogP contribution in [0.25, 0.3) is 21.2 Å². The normalized spacial score (nSPS) is 12.2. The molecule has 0 fully saturated rings. The number of hydrogen-bond acceptors (Lipinski definition) is 4. The molecular formula is C21H20N2O3S. The van der Waals surface area contributed by atoms with Crippen molar-refractivity contribution >= 4 is 38.4 Å². The van der Waals surface area contributed by atoms with Crippen molar-refractivity contribution < 1.29 is 13.9 Å². The maximum atomic E-state index is 12.7. The van der Waals surface area contributed by atoms with E-state index in [1.165, 1.54) is 16.9 Å². The van der Waals surface area contributed by atoms with Gasteiger partial charge in [0.2, 0.25) is 0 Å². The predicted octanol–water partition coefficient (Wildman–Crippen LogP) is 4.69. The lowest BCUT2D eigenvalue weighted by atomic mass is 10.2. The van der Waals surface area contributed by atoms with E-state index in [0.29, 0.717) is 22.7 Å². The number of fused-ring (bicyclic) bond motifs is 2. The highest BCUT2D eigenvalue weighted by molar-refractivity contribution is 7.16. The van der Waals surface area contributed by atoms with Crippen LogP contribution in [0.3, 0.4) is 0 Å². The number of ether oxygens (including phenoxy) is 1. The van der Waals surface area contributed by atoms with Crippen molar-refractivity contribution in [2.24, 2.45) is 12.0 Å². The first-order chi connectivity index (χ1) is 13.1.